The number of aromatic nitrogens is 1. The molecule has 0 saturated carbocycles. The predicted octanol–water partition coefficient (Wildman–Crippen LogP) is 3.74. The Bertz CT molecular complexity index is 989. The molecule has 2 saturated heterocycles. The van der Waals surface area contributed by atoms with E-state index in [0.717, 1.165) is 25.4 Å². The number of para-hydroxylation sites is 2. The van der Waals surface area contributed by atoms with Gasteiger partial charge in [0.05, 0.1) is 12.2 Å². The van der Waals surface area contributed by atoms with Gasteiger partial charge in [0.15, 0.2) is 0 Å². The molecule has 2 fully saturated rings. The van der Waals surface area contributed by atoms with Crippen LogP contribution < -0.4 is 9.64 Å². The van der Waals surface area contributed by atoms with Gasteiger partial charge in [-0.3, -0.25) is 9.78 Å². The third kappa shape index (κ3) is 3.52. The molecule has 5 heteroatoms. The fourth-order valence-electron chi connectivity index (χ4n) is 4.70. The van der Waals surface area contributed by atoms with Crippen LogP contribution in [0.1, 0.15) is 10.4 Å². The number of carbonyl (C=O) groups is 1. The number of ether oxygens (including phenoxy) is 1. The Morgan fingerprint density at radius 2 is 1.70 bits per heavy atom. The predicted molar refractivity (Wildman–Crippen MR) is 117 cm³/mol. The van der Waals surface area contributed by atoms with E-state index >= 15 is 0 Å². The molecule has 3 heterocycles. The Morgan fingerprint density at radius 3 is 2.40 bits per heavy atom. The standard InChI is InChI=1S/C25H25N3O2/c29-24(20-8-7-13-26-14-20)27-15-21(16-30-23-11-5-2-6-12-23)25(17-27)18-28(19-25)22-9-3-1-4-10-22/h1-14,21H,15-19H2. The van der Waals surface area contributed by atoms with Crippen LogP contribution in [-0.2, 0) is 0 Å². The van der Waals surface area contributed by atoms with E-state index in [9.17, 15) is 4.79 Å². The SMILES string of the molecule is O=C(c1cccnc1)N1CC(COc2ccccc2)C2(C1)CN(c1ccccc1)C2. The Hall–Kier alpha value is -3.34. The highest BCUT2D eigenvalue weighted by Gasteiger charge is 2.55. The third-order valence-corrected chi connectivity index (χ3v) is 6.34. The molecular weight excluding hydrogens is 374 g/mol. The minimum atomic E-state index is 0.0580. The minimum absolute atomic E-state index is 0.0580. The number of hydrogen-bond acceptors (Lipinski definition) is 4. The van der Waals surface area contributed by atoms with Crippen LogP contribution in [0.25, 0.3) is 0 Å². The van der Waals surface area contributed by atoms with Gasteiger partial charge in [-0.15, -0.1) is 0 Å². The van der Waals surface area contributed by atoms with Gasteiger partial charge in [0.2, 0.25) is 0 Å². The topological polar surface area (TPSA) is 45.7 Å². The molecule has 0 N–H and O–H groups in total. The molecule has 2 aliphatic rings. The first-order valence-corrected chi connectivity index (χ1v) is 10.4. The van der Waals surface area contributed by atoms with Crippen molar-refractivity contribution in [1.82, 2.24) is 9.88 Å². The second-order valence-electron chi connectivity index (χ2n) is 8.30. The lowest BCUT2D eigenvalue weighted by Crippen LogP contribution is -2.61. The van der Waals surface area contributed by atoms with E-state index in [1.54, 1.807) is 12.4 Å². The molecule has 1 aromatic heterocycles. The van der Waals surface area contributed by atoms with E-state index in [-0.39, 0.29) is 11.3 Å². The summed E-state index contributed by atoms with van der Waals surface area (Å²) >= 11 is 0. The number of pyridine rings is 1. The molecular formula is C25H25N3O2. The number of likely N-dealkylation sites (tertiary alicyclic amines) is 1. The molecule has 1 amide bonds. The Balaban J connectivity index is 1.33. The van der Waals surface area contributed by atoms with Gasteiger partial charge in [-0.1, -0.05) is 36.4 Å². The van der Waals surface area contributed by atoms with Gasteiger partial charge in [-0.05, 0) is 36.4 Å². The Morgan fingerprint density at radius 1 is 0.967 bits per heavy atom. The maximum absolute atomic E-state index is 13.1. The van der Waals surface area contributed by atoms with Crippen molar-refractivity contribution in [2.24, 2.45) is 11.3 Å². The lowest BCUT2D eigenvalue weighted by Gasteiger charge is -2.52. The van der Waals surface area contributed by atoms with Gasteiger partial charge in [0.1, 0.15) is 5.75 Å². The van der Waals surface area contributed by atoms with Gasteiger partial charge in [-0.2, -0.15) is 0 Å². The summed E-state index contributed by atoms with van der Waals surface area (Å²) in [7, 11) is 0. The van der Waals surface area contributed by atoms with E-state index in [2.05, 4.69) is 34.1 Å². The molecule has 2 aliphatic heterocycles. The molecule has 0 bridgehead atoms. The van der Waals surface area contributed by atoms with Crippen molar-refractivity contribution in [3.05, 3.63) is 90.8 Å². The molecule has 3 aromatic rings. The van der Waals surface area contributed by atoms with Crippen molar-refractivity contribution in [3.8, 4) is 5.75 Å². The van der Waals surface area contributed by atoms with Crippen LogP contribution in [0, 0.1) is 11.3 Å². The lowest BCUT2D eigenvalue weighted by molar-refractivity contribution is 0.0759. The molecule has 0 radical (unpaired) electrons. The normalized spacial score (nSPS) is 19.5. The van der Waals surface area contributed by atoms with Crippen LogP contribution in [0.15, 0.2) is 85.2 Å². The maximum atomic E-state index is 13.1. The molecule has 1 unspecified atom stereocenters. The largest absolute Gasteiger partial charge is 0.493 e. The fraction of sp³-hybridized carbons (Fsp3) is 0.280. The molecule has 1 atom stereocenters. The fourth-order valence-corrected chi connectivity index (χ4v) is 4.70. The van der Waals surface area contributed by atoms with Crippen molar-refractivity contribution < 1.29 is 9.53 Å². The average molecular weight is 399 g/mol. The smallest absolute Gasteiger partial charge is 0.255 e. The van der Waals surface area contributed by atoms with Crippen LogP contribution in [0.3, 0.4) is 0 Å². The molecule has 152 valence electrons. The van der Waals surface area contributed by atoms with Crippen molar-refractivity contribution >= 4 is 11.6 Å². The van der Waals surface area contributed by atoms with Crippen molar-refractivity contribution in [2.45, 2.75) is 0 Å². The summed E-state index contributed by atoms with van der Waals surface area (Å²) in [6, 6.07) is 24.1. The molecule has 5 nitrogen and oxygen atoms in total. The molecule has 2 aromatic carbocycles. The van der Waals surface area contributed by atoms with Crippen LogP contribution in [0.5, 0.6) is 5.75 Å². The minimum Gasteiger partial charge on any atom is -0.493 e. The summed E-state index contributed by atoms with van der Waals surface area (Å²) < 4.78 is 6.13. The number of anilines is 1. The zero-order valence-electron chi connectivity index (χ0n) is 16.9. The van der Waals surface area contributed by atoms with Gasteiger partial charge < -0.3 is 14.5 Å². The number of rotatable bonds is 5. The zero-order chi connectivity index (χ0) is 20.4. The summed E-state index contributed by atoms with van der Waals surface area (Å²) in [5.41, 5.74) is 1.95. The number of carbonyl (C=O) groups excluding carboxylic acids is 1. The van der Waals surface area contributed by atoms with Crippen LogP contribution in [0.2, 0.25) is 0 Å². The lowest BCUT2D eigenvalue weighted by atomic mass is 9.71. The highest BCUT2D eigenvalue weighted by atomic mass is 16.5. The van der Waals surface area contributed by atoms with Crippen LogP contribution in [-0.4, -0.2) is 48.6 Å². The Kier molecular flexibility index (Phi) is 4.87. The van der Waals surface area contributed by atoms with Gasteiger partial charge in [-0.25, -0.2) is 0 Å². The number of nitrogens with zero attached hydrogens (tertiary/aromatic N) is 3. The summed E-state index contributed by atoms with van der Waals surface area (Å²) in [5, 5.41) is 0. The molecule has 30 heavy (non-hydrogen) atoms. The molecule has 1 spiro atoms. The van der Waals surface area contributed by atoms with Gasteiger partial charge >= 0.3 is 0 Å². The average Bonchev–Trinajstić information content (AvgIpc) is 3.18. The van der Waals surface area contributed by atoms with Gasteiger partial charge in [0, 0.05) is 55.6 Å². The quantitative estimate of drug-likeness (QED) is 0.656. The number of amides is 1. The second kappa shape index (κ2) is 7.82. The first kappa shape index (κ1) is 18.7. The number of hydrogen-bond donors (Lipinski definition) is 0. The molecule has 0 aliphatic carbocycles. The highest BCUT2D eigenvalue weighted by molar-refractivity contribution is 5.94. The van der Waals surface area contributed by atoms with E-state index in [0.29, 0.717) is 24.6 Å². The first-order valence-electron chi connectivity index (χ1n) is 10.4. The summed E-state index contributed by atoms with van der Waals surface area (Å²) in [6.07, 6.45) is 3.35. The van der Waals surface area contributed by atoms with Crippen LogP contribution >= 0.6 is 0 Å². The van der Waals surface area contributed by atoms with Crippen molar-refractivity contribution in [2.75, 3.05) is 37.7 Å². The first-order chi connectivity index (χ1) is 14.7. The highest BCUT2D eigenvalue weighted by Crippen LogP contribution is 2.46. The third-order valence-electron chi connectivity index (χ3n) is 6.34. The van der Waals surface area contributed by atoms with E-state index < -0.39 is 0 Å². The van der Waals surface area contributed by atoms with E-state index in [1.807, 2.05) is 53.4 Å². The summed E-state index contributed by atoms with van der Waals surface area (Å²) in [5.74, 6) is 1.23. The molecule has 5 rings (SSSR count). The van der Waals surface area contributed by atoms with Crippen molar-refractivity contribution in [1.29, 1.82) is 0 Å². The maximum Gasteiger partial charge on any atom is 0.255 e. The van der Waals surface area contributed by atoms with Gasteiger partial charge in [0.25, 0.3) is 5.91 Å². The summed E-state index contributed by atoms with van der Waals surface area (Å²) in [6.45, 7) is 3.97. The van der Waals surface area contributed by atoms with E-state index in [4.69, 9.17) is 4.74 Å². The number of benzene rings is 2. The monoisotopic (exact) mass is 399 g/mol. The van der Waals surface area contributed by atoms with Crippen LogP contribution in [0.4, 0.5) is 5.69 Å². The second-order valence-corrected chi connectivity index (χ2v) is 8.30. The van der Waals surface area contributed by atoms with Crippen molar-refractivity contribution in [3.63, 3.8) is 0 Å². The Labute approximate surface area is 176 Å². The van der Waals surface area contributed by atoms with E-state index in [1.165, 1.54) is 5.69 Å². The zero-order valence-corrected chi connectivity index (χ0v) is 16.9. The summed E-state index contributed by atoms with van der Waals surface area (Å²) in [4.78, 5) is 21.6.